The lowest BCUT2D eigenvalue weighted by atomic mass is 9.97. The van der Waals surface area contributed by atoms with Crippen molar-refractivity contribution in [3.63, 3.8) is 0 Å². The number of ether oxygens (including phenoxy) is 1. The van der Waals surface area contributed by atoms with E-state index in [0.29, 0.717) is 56.1 Å². The van der Waals surface area contributed by atoms with Crippen molar-refractivity contribution in [1.82, 2.24) is 14.8 Å². The predicted molar refractivity (Wildman–Crippen MR) is 133 cm³/mol. The smallest absolute Gasteiger partial charge is 0.260 e. The molecular weight excluding hydrogens is 485 g/mol. The zero-order chi connectivity index (χ0) is 26.6. The van der Waals surface area contributed by atoms with E-state index in [9.17, 15) is 23.1 Å². The summed E-state index contributed by atoms with van der Waals surface area (Å²) in [6.45, 7) is 3.52. The average molecular weight is 521 g/mol. The van der Waals surface area contributed by atoms with Crippen LogP contribution in [-0.2, 0) is 4.79 Å². The number of pyridine rings is 1. The number of halogens is 3. The third kappa shape index (κ3) is 6.80. The number of carbonyl (C=O) groups is 1. The van der Waals surface area contributed by atoms with Gasteiger partial charge in [-0.05, 0) is 62.4 Å². The van der Waals surface area contributed by atoms with E-state index in [-0.39, 0.29) is 24.4 Å². The number of hydrogen-bond donors (Lipinski definition) is 2. The van der Waals surface area contributed by atoms with Crippen molar-refractivity contribution in [3.05, 3.63) is 47.9 Å². The lowest BCUT2D eigenvalue weighted by molar-refractivity contribution is -0.126. The number of rotatable bonds is 10. The molecule has 4 rings (SSSR count). The molecule has 2 aliphatic rings. The minimum absolute atomic E-state index is 0.0919. The highest BCUT2D eigenvalue weighted by molar-refractivity contribution is 5.80. The zero-order valence-electron chi connectivity index (χ0n) is 21.1. The summed E-state index contributed by atoms with van der Waals surface area (Å²) in [6.07, 6.45) is 3.05. The molecule has 1 aromatic carbocycles. The van der Waals surface area contributed by atoms with Gasteiger partial charge in [0, 0.05) is 36.4 Å². The second kappa shape index (κ2) is 11.8. The highest BCUT2D eigenvalue weighted by Crippen LogP contribution is 2.31. The molecule has 0 spiro atoms. The molecule has 202 valence electrons. The number of likely N-dealkylation sites (tertiary alicyclic amines) is 2. The predicted octanol–water partition coefficient (Wildman–Crippen LogP) is 3.96. The number of aliphatic hydroxyl groups is 1. The van der Waals surface area contributed by atoms with Crippen LogP contribution in [0.1, 0.15) is 50.8 Å². The number of benzene rings is 1. The van der Waals surface area contributed by atoms with Crippen molar-refractivity contribution in [1.29, 1.82) is 0 Å². The minimum Gasteiger partial charge on any atom is -0.477 e. The lowest BCUT2D eigenvalue weighted by Gasteiger charge is -2.33. The Bertz CT molecular complexity index is 1060. The van der Waals surface area contributed by atoms with Gasteiger partial charge in [0.2, 0.25) is 11.8 Å². The number of nitrogens with zero attached hydrogens (tertiary/aromatic N) is 3. The molecule has 3 heterocycles. The van der Waals surface area contributed by atoms with E-state index >= 15 is 0 Å². The maximum Gasteiger partial charge on any atom is 0.260 e. The number of alkyl halides is 2. The van der Waals surface area contributed by atoms with E-state index in [2.05, 4.69) is 4.98 Å². The van der Waals surface area contributed by atoms with Crippen molar-refractivity contribution in [2.45, 2.75) is 57.2 Å². The highest BCUT2D eigenvalue weighted by Gasteiger charge is 2.35. The van der Waals surface area contributed by atoms with Crippen LogP contribution in [-0.4, -0.2) is 70.5 Å². The summed E-state index contributed by atoms with van der Waals surface area (Å²) in [5.41, 5.74) is 6.79. The Morgan fingerprint density at radius 2 is 1.92 bits per heavy atom. The molecule has 2 atom stereocenters. The van der Waals surface area contributed by atoms with E-state index in [1.54, 1.807) is 24.4 Å². The Hall–Kier alpha value is -2.69. The largest absolute Gasteiger partial charge is 0.477 e. The summed E-state index contributed by atoms with van der Waals surface area (Å²) in [5.74, 6) is -3.01. The fourth-order valence-corrected chi connectivity index (χ4v) is 5.07. The van der Waals surface area contributed by atoms with Gasteiger partial charge in [0.15, 0.2) is 0 Å². The van der Waals surface area contributed by atoms with E-state index in [1.807, 2.05) is 4.90 Å². The van der Waals surface area contributed by atoms with Crippen molar-refractivity contribution >= 4 is 5.91 Å². The van der Waals surface area contributed by atoms with Gasteiger partial charge in [-0.15, -0.1) is 0 Å². The maximum absolute atomic E-state index is 14.9. The first kappa shape index (κ1) is 27.3. The molecule has 10 heteroatoms. The molecule has 1 unspecified atom stereocenters. The Morgan fingerprint density at radius 3 is 2.54 bits per heavy atom. The number of aliphatic hydroxyl groups excluding tert-OH is 1. The number of amides is 1. The molecule has 2 saturated heterocycles. The molecule has 37 heavy (non-hydrogen) atoms. The molecular formula is C27H35F3N4O3. The summed E-state index contributed by atoms with van der Waals surface area (Å²) in [4.78, 5) is 19.3. The number of aromatic nitrogens is 1. The first-order valence-corrected chi connectivity index (χ1v) is 12.9. The normalized spacial score (nSPS) is 20.7. The summed E-state index contributed by atoms with van der Waals surface area (Å²) >= 11 is 0. The minimum atomic E-state index is -2.64. The van der Waals surface area contributed by atoms with Crippen molar-refractivity contribution < 1.29 is 27.8 Å². The topological polar surface area (TPSA) is 91.9 Å². The molecule has 0 aliphatic carbocycles. The van der Waals surface area contributed by atoms with Crippen LogP contribution in [0.4, 0.5) is 13.2 Å². The van der Waals surface area contributed by atoms with Crippen LogP contribution in [0.3, 0.4) is 0 Å². The number of nitrogens with two attached hydrogens (primary N) is 1. The maximum atomic E-state index is 14.9. The Kier molecular flexibility index (Phi) is 8.71. The molecule has 1 aromatic heterocycles. The molecule has 0 radical (unpaired) electrons. The SMILES string of the molecule is CCC(F)(F)CN1CCC(COc2ccc(-c3ccc(C(O)N4CCC[C@H]4C(N)=O)c(F)c3)cn2)CC1. The van der Waals surface area contributed by atoms with Gasteiger partial charge in [0.1, 0.15) is 12.0 Å². The number of piperidine rings is 1. The van der Waals surface area contributed by atoms with Crippen molar-refractivity contribution in [3.8, 4) is 17.0 Å². The van der Waals surface area contributed by atoms with Gasteiger partial charge < -0.3 is 15.6 Å². The Balaban J connectivity index is 1.30. The molecule has 3 N–H and O–H groups in total. The van der Waals surface area contributed by atoms with Gasteiger partial charge in [0.05, 0.1) is 19.2 Å². The molecule has 7 nitrogen and oxygen atoms in total. The van der Waals surface area contributed by atoms with E-state index in [1.165, 1.54) is 24.0 Å². The highest BCUT2D eigenvalue weighted by atomic mass is 19.3. The van der Waals surface area contributed by atoms with Gasteiger partial charge in [-0.3, -0.25) is 14.6 Å². The Labute approximate surface area is 215 Å². The van der Waals surface area contributed by atoms with Crippen LogP contribution in [0.25, 0.3) is 11.1 Å². The molecule has 2 aliphatic heterocycles. The summed E-state index contributed by atoms with van der Waals surface area (Å²) in [5, 5.41) is 10.7. The number of hydrogen-bond acceptors (Lipinski definition) is 6. The van der Waals surface area contributed by atoms with Crippen molar-refractivity contribution in [2.75, 3.05) is 32.8 Å². The summed E-state index contributed by atoms with van der Waals surface area (Å²) in [6, 6.07) is 7.44. The van der Waals surface area contributed by atoms with E-state index in [4.69, 9.17) is 10.5 Å². The van der Waals surface area contributed by atoms with Crippen LogP contribution >= 0.6 is 0 Å². The monoisotopic (exact) mass is 520 g/mol. The standard InChI is InChI=1S/C27H35F3N4O3/c1-2-27(29,30)17-33-12-9-18(10-13-33)16-37-24-8-6-20(15-32-24)19-5-7-21(22(28)14-19)26(36)34-11-3-4-23(34)25(31)35/h5-8,14-15,18,23,26,36H,2-4,9-13,16-17H2,1H3,(H2,31,35)/t23-,26?/m0/s1. The average Bonchev–Trinajstić information content (AvgIpc) is 3.39. The first-order chi connectivity index (χ1) is 17.7. The molecule has 0 saturated carbocycles. The quantitative estimate of drug-likeness (QED) is 0.493. The van der Waals surface area contributed by atoms with Crippen molar-refractivity contribution in [2.24, 2.45) is 11.7 Å². The first-order valence-electron chi connectivity index (χ1n) is 12.9. The van der Waals surface area contributed by atoms with Gasteiger partial charge in [0.25, 0.3) is 5.92 Å². The zero-order valence-corrected chi connectivity index (χ0v) is 21.1. The second-order valence-electron chi connectivity index (χ2n) is 10.0. The fourth-order valence-electron chi connectivity index (χ4n) is 5.07. The lowest BCUT2D eigenvalue weighted by Crippen LogP contribution is -2.42. The molecule has 2 fully saturated rings. The van der Waals surface area contributed by atoms with Crippen LogP contribution < -0.4 is 10.5 Å². The van der Waals surface area contributed by atoms with Crippen LogP contribution in [0.15, 0.2) is 36.5 Å². The fraction of sp³-hybridized carbons (Fsp3) is 0.556. The van der Waals surface area contributed by atoms with E-state index < -0.39 is 29.9 Å². The molecule has 0 bridgehead atoms. The molecule has 1 amide bonds. The van der Waals surface area contributed by atoms with Gasteiger partial charge >= 0.3 is 0 Å². The third-order valence-electron chi connectivity index (χ3n) is 7.43. The van der Waals surface area contributed by atoms with Crippen LogP contribution in [0.5, 0.6) is 5.88 Å². The number of carbonyl (C=O) groups excluding carboxylic acids is 1. The second-order valence-corrected chi connectivity index (χ2v) is 10.0. The summed E-state index contributed by atoms with van der Waals surface area (Å²) in [7, 11) is 0. The van der Waals surface area contributed by atoms with Crippen LogP contribution in [0, 0.1) is 11.7 Å². The molecule has 2 aromatic rings. The van der Waals surface area contributed by atoms with E-state index in [0.717, 1.165) is 12.8 Å². The number of primary amides is 1. The van der Waals surface area contributed by atoms with Crippen LogP contribution in [0.2, 0.25) is 0 Å². The van der Waals surface area contributed by atoms with Gasteiger partial charge in [-0.25, -0.2) is 18.2 Å². The third-order valence-corrected chi connectivity index (χ3v) is 7.43. The Morgan fingerprint density at radius 1 is 1.19 bits per heavy atom. The summed E-state index contributed by atoms with van der Waals surface area (Å²) < 4.78 is 48.0. The van der Waals surface area contributed by atoms with Gasteiger partial charge in [-0.2, -0.15) is 0 Å². The van der Waals surface area contributed by atoms with Gasteiger partial charge in [-0.1, -0.05) is 19.1 Å².